The summed E-state index contributed by atoms with van der Waals surface area (Å²) in [6.45, 7) is 3.22. The summed E-state index contributed by atoms with van der Waals surface area (Å²) in [7, 11) is -2.26. The Morgan fingerprint density at radius 3 is 2.43 bits per heavy atom. The molecular weight excluding hydrogens is 294 g/mol. The molecule has 2 N–H and O–H groups in total. The minimum Gasteiger partial charge on any atom is -0.478 e. The number of hydrogen-bond acceptors (Lipinski definition) is 4. The molecule has 0 bridgehead atoms. The second-order valence-electron chi connectivity index (χ2n) is 4.58. The van der Waals surface area contributed by atoms with E-state index in [2.05, 4.69) is 9.82 Å². The Morgan fingerprint density at radius 1 is 1.29 bits per heavy atom. The zero-order chi connectivity index (χ0) is 15.8. The Hall–Kier alpha value is -2.35. The minimum absolute atomic E-state index is 0.0210. The average Bonchev–Trinajstić information content (AvgIpc) is 2.63. The van der Waals surface area contributed by atoms with Crippen LogP contribution in [0.1, 0.15) is 21.7 Å². The molecule has 0 saturated carbocycles. The van der Waals surface area contributed by atoms with Gasteiger partial charge in [0.2, 0.25) is 0 Å². The summed E-state index contributed by atoms with van der Waals surface area (Å²) in [6.07, 6.45) is 0. The van der Waals surface area contributed by atoms with Gasteiger partial charge in [-0.1, -0.05) is 12.1 Å². The van der Waals surface area contributed by atoms with Gasteiger partial charge in [0.25, 0.3) is 10.0 Å². The molecule has 0 radical (unpaired) electrons. The van der Waals surface area contributed by atoms with Crippen molar-refractivity contribution < 1.29 is 18.3 Å². The highest BCUT2D eigenvalue weighted by Gasteiger charge is 2.25. The van der Waals surface area contributed by atoms with Crippen LogP contribution in [0.2, 0.25) is 0 Å². The number of nitrogens with zero attached hydrogens (tertiary/aromatic N) is 2. The van der Waals surface area contributed by atoms with Gasteiger partial charge < -0.3 is 5.11 Å². The molecule has 0 amide bonds. The maximum atomic E-state index is 12.5. The molecule has 0 unspecified atom stereocenters. The SMILES string of the molecule is Cc1nn(C)c(C)c1S(=O)(=O)Nc1ccccc1C(=O)O. The number of aromatic carboxylic acids is 1. The Balaban J connectivity index is 2.50. The van der Waals surface area contributed by atoms with Crippen molar-refractivity contribution in [2.24, 2.45) is 7.05 Å². The number of rotatable bonds is 4. The standard InChI is InChI=1S/C13H15N3O4S/c1-8-12(9(2)16(3)14-8)21(19,20)15-11-7-5-4-6-10(11)13(17)18/h4-7,15H,1-3H3,(H,17,18). The van der Waals surface area contributed by atoms with Gasteiger partial charge in [-0.05, 0) is 26.0 Å². The summed E-state index contributed by atoms with van der Waals surface area (Å²) >= 11 is 0. The van der Waals surface area contributed by atoms with Gasteiger partial charge >= 0.3 is 5.97 Å². The first kappa shape index (κ1) is 15.0. The zero-order valence-electron chi connectivity index (χ0n) is 11.8. The van der Waals surface area contributed by atoms with Crippen LogP contribution in [-0.4, -0.2) is 29.3 Å². The highest BCUT2D eigenvalue weighted by molar-refractivity contribution is 7.92. The number of sulfonamides is 1. The van der Waals surface area contributed by atoms with Crippen LogP contribution < -0.4 is 4.72 Å². The summed E-state index contributed by atoms with van der Waals surface area (Å²) in [5.74, 6) is -1.20. The zero-order valence-corrected chi connectivity index (χ0v) is 12.6. The average molecular weight is 309 g/mol. The van der Waals surface area contributed by atoms with Gasteiger partial charge in [0.15, 0.2) is 0 Å². The first-order chi connectivity index (χ1) is 9.74. The number of para-hydroxylation sites is 1. The highest BCUT2D eigenvalue weighted by Crippen LogP contribution is 2.24. The fourth-order valence-corrected chi connectivity index (χ4v) is 3.62. The lowest BCUT2D eigenvalue weighted by atomic mass is 10.2. The van der Waals surface area contributed by atoms with E-state index in [0.29, 0.717) is 11.4 Å². The third-order valence-corrected chi connectivity index (χ3v) is 4.73. The molecule has 0 aliphatic carbocycles. The fourth-order valence-electron chi connectivity index (χ4n) is 2.10. The summed E-state index contributed by atoms with van der Waals surface area (Å²) in [5.41, 5.74) is 0.746. The van der Waals surface area contributed by atoms with Crippen molar-refractivity contribution in [2.45, 2.75) is 18.7 Å². The van der Waals surface area contributed by atoms with Crippen LogP contribution in [0.5, 0.6) is 0 Å². The van der Waals surface area contributed by atoms with Gasteiger partial charge in [-0.3, -0.25) is 9.40 Å². The molecule has 112 valence electrons. The molecule has 0 fully saturated rings. The molecule has 8 heteroatoms. The third kappa shape index (κ3) is 2.75. The van der Waals surface area contributed by atoms with E-state index in [4.69, 9.17) is 5.11 Å². The van der Waals surface area contributed by atoms with E-state index < -0.39 is 16.0 Å². The van der Waals surface area contributed by atoms with Crippen molar-refractivity contribution in [1.82, 2.24) is 9.78 Å². The molecule has 1 aromatic carbocycles. The number of hydrogen-bond donors (Lipinski definition) is 2. The topological polar surface area (TPSA) is 101 Å². The largest absolute Gasteiger partial charge is 0.478 e. The van der Waals surface area contributed by atoms with E-state index in [1.807, 2.05) is 0 Å². The number of carbonyl (C=O) groups is 1. The fraction of sp³-hybridized carbons (Fsp3) is 0.231. The predicted octanol–water partition coefficient (Wildman–Crippen LogP) is 1.54. The molecule has 21 heavy (non-hydrogen) atoms. The van der Waals surface area contributed by atoms with Crippen molar-refractivity contribution in [3.05, 3.63) is 41.2 Å². The van der Waals surface area contributed by atoms with Crippen molar-refractivity contribution in [3.8, 4) is 0 Å². The van der Waals surface area contributed by atoms with Gasteiger partial charge in [-0.15, -0.1) is 0 Å². The molecular formula is C13H15N3O4S. The first-order valence-corrected chi connectivity index (χ1v) is 7.57. The monoisotopic (exact) mass is 309 g/mol. The lowest BCUT2D eigenvalue weighted by molar-refractivity contribution is 0.0698. The molecule has 0 spiro atoms. The molecule has 2 aromatic rings. The van der Waals surface area contributed by atoms with E-state index >= 15 is 0 Å². The summed E-state index contributed by atoms with van der Waals surface area (Å²) in [6, 6.07) is 5.83. The van der Waals surface area contributed by atoms with Gasteiger partial charge in [0.1, 0.15) is 4.90 Å². The molecule has 1 heterocycles. The molecule has 0 atom stereocenters. The molecule has 0 saturated heterocycles. The van der Waals surface area contributed by atoms with Gasteiger partial charge in [0, 0.05) is 7.05 Å². The second kappa shape index (κ2) is 5.21. The van der Waals surface area contributed by atoms with Crippen LogP contribution in [0.3, 0.4) is 0 Å². The van der Waals surface area contributed by atoms with E-state index in [1.54, 1.807) is 27.0 Å². The van der Waals surface area contributed by atoms with Gasteiger partial charge in [-0.25, -0.2) is 13.2 Å². The Labute approximate surface area is 122 Å². The number of benzene rings is 1. The Morgan fingerprint density at radius 2 is 1.90 bits per heavy atom. The summed E-state index contributed by atoms with van der Waals surface area (Å²) < 4.78 is 28.7. The predicted molar refractivity (Wildman–Crippen MR) is 76.9 cm³/mol. The maximum Gasteiger partial charge on any atom is 0.337 e. The van der Waals surface area contributed by atoms with Crippen molar-refractivity contribution in [1.29, 1.82) is 0 Å². The molecule has 0 aliphatic rings. The van der Waals surface area contributed by atoms with Crippen LogP contribution in [0.15, 0.2) is 29.2 Å². The van der Waals surface area contributed by atoms with E-state index in [-0.39, 0.29) is 16.1 Å². The number of anilines is 1. The minimum atomic E-state index is -3.91. The number of nitrogens with one attached hydrogen (secondary N) is 1. The quantitative estimate of drug-likeness (QED) is 0.892. The normalized spacial score (nSPS) is 11.4. The number of carboxylic acid groups (broad SMARTS) is 1. The van der Waals surface area contributed by atoms with E-state index in [9.17, 15) is 13.2 Å². The van der Waals surface area contributed by atoms with Crippen LogP contribution in [0, 0.1) is 13.8 Å². The first-order valence-electron chi connectivity index (χ1n) is 6.09. The van der Waals surface area contributed by atoms with Gasteiger partial charge in [0.05, 0.1) is 22.6 Å². The number of carboxylic acids is 1. The van der Waals surface area contributed by atoms with Crippen LogP contribution in [0.25, 0.3) is 0 Å². The van der Waals surface area contributed by atoms with Crippen LogP contribution in [-0.2, 0) is 17.1 Å². The third-order valence-electron chi connectivity index (χ3n) is 3.11. The second-order valence-corrected chi connectivity index (χ2v) is 6.20. The molecule has 0 aliphatic heterocycles. The van der Waals surface area contributed by atoms with Gasteiger partial charge in [-0.2, -0.15) is 5.10 Å². The Kier molecular flexibility index (Phi) is 3.73. The highest BCUT2D eigenvalue weighted by atomic mass is 32.2. The summed E-state index contributed by atoms with van der Waals surface area (Å²) in [4.78, 5) is 11.2. The van der Waals surface area contributed by atoms with Crippen LogP contribution >= 0.6 is 0 Å². The molecule has 1 aromatic heterocycles. The lowest BCUT2D eigenvalue weighted by Gasteiger charge is -2.10. The lowest BCUT2D eigenvalue weighted by Crippen LogP contribution is -2.17. The van der Waals surface area contributed by atoms with E-state index in [1.165, 1.54) is 22.9 Å². The van der Waals surface area contributed by atoms with E-state index in [0.717, 1.165) is 0 Å². The smallest absolute Gasteiger partial charge is 0.337 e. The molecule has 7 nitrogen and oxygen atoms in total. The van der Waals surface area contributed by atoms with Crippen molar-refractivity contribution >= 4 is 21.7 Å². The maximum absolute atomic E-state index is 12.5. The van der Waals surface area contributed by atoms with Crippen molar-refractivity contribution in [2.75, 3.05) is 4.72 Å². The number of aromatic nitrogens is 2. The number of aryl methyl sites for hydroxylation is 2. The van der Waals surface area contributed by atoms with Crippen LogP contribution in [0.4, 0.5) is 5.69 Å². The summed E-state index contributed by atoms with van der Waals surface area (Å²) in [5, 5.41) is 13.2. The van der Waals surface area contributed by atoms with Crippen molar-refractivity contribution in [3.63, 3.8) is 0 Å². The Bertz CT molecular complexity index is 809. The molecule has 2 rings (SSSR count).